The van der Waals surface area contributed by atoms with Gasteiger partial charge in [-0.25, -0.2) is 4.68 Å². The van der Waals surface area contributed by atoms with E-state index in [1.807, 2.05) is 0 Å². The number of aromatic nitrogens is 2. The van der Waals surface area contributed by atoms with E-state index in [1.165, 1.54) is 4.68 Å². The van der Waals surface area contributed by atoms with Crippen molar-refractivity contribution in [1.82, 2.24) is 9.78 Å². The molecule has 0 spiro atoms. The number of carboxylic acids is 1. The Morgan fingerprint density at radius 3 is 2.74 bits per heavy atom. The first-order chi connectivity index (χ1) is 13.0. The lowest BCUT2D eigenvalue weighted by molar-refractivity contribution is -0.168. The highest BCUT2D eigenvalue weighted by molar-refractivity contribution is 6.32. The van der Waals surface area contributed by atoms with Gasteiger partial charge in [-0.3, -0.25) is 9.59 Å². The van der Waals surface area contributed by atoms with Gasteiger partial charge in [-0.2, -0.15) is 5.10 Å². The van der Waals surface area contributed by atoms with E-state index in [-0.39, 0.29) is 16.5 Å². The minimum atomic E-state index is -0.814. The van der Waals surface area contributed by atoms with Crippen LogP contribution in [0.2, 0.25) is 5.02 Å². The highest BCUT2D eigenvalue weighted by Gasteiger charge is 2.61. The fourth-order valence-corrected chi connectivity index (χ4v) is 6.24. The first kappa shape index (κ1) is 18.7. The van der Waals surface area contributed by atoms with Gasteiger partial charge in [-0.15, -0.1) is 0 Å². The zero-order valence-electron chi connectivity index (χ0n) is 15.5. The van der Waals surface area contributed by atoms with E-state index in [0.29, 0.717) is 43.5 Å². The second kappa shape index (κ2) is 7.09. The van der Waals surface area contributed by atoms with E-state index in [0.717, 1.165) is 25.7 Å². The molecule has 0 radical (unpaired) electrons. The van der Waals surface area contributed by atoms with Crippen molar-refractivity contribution < 1.29 is 14.6 Å². The molecule has 0 aliphatic heterocycles. The molecule has 4 aliphatic carbocycles. The molecule has 148 valence electrons. The van der Waals surface area contributed by atoms with Crippen molar-refractivity contribution in [2.24, 2.45) is 23.7 Å². The third-order valence-corrected chi connectivity index (χ3v) is 7.09. The lowest BCUT2D eigenvalue weighted by Gasteiger charge is -2.59. The Balaban J connectivity index is 1.68. The second-order valence-corrected chi connectivity index (χ2v) is 8.77. The summed E-state index contributed by atoms with van der Waals surface area (Å²) in [5.41, 5.74) is -0.636. The van der Waals surface area contributed by atoms with E-state index in [2.05, 4.69) is 10.4 Å². The van der Waals surface area contributed by atoms with Crippen molar-refractivity contribution in [3.63, 3.8) is 0 Å². The molecule has 5 rings (SSSR count). The van der Waals surface area contributed by atoms with Gasteiger partial charge in [0.15, 0.2) is 0 Å². The topological polar surface area (TPSA) is 93.4 Å². The Kier molecular flexibility index (Phi) is 4.93. The fourth-order valence-electron chi connectivity index (χ4n) is 6.05. The Hall–Kier alpha value is -1.60. The lowest BCUT2D eigenvalue weighted by Crippen LogP contribution is -2.63. The number of carboxylic acid groups (broad SMARTS) is 1. The van der Waals surface area contributed by atoms with Crippen LogP contribution in [0, 0.1) is 23.7 Å². The summed E-state index contributed by atoms with van der Waals surface area (Å²) in [5.74, 6) is -0.277. The summed E-state index contributed by atoms with van der Waals surface area (Å²) in [6.07, 6.45) is 6.82. The highest BCUT2D eigenvalue weighted by Crippen LogP contribution is 2.61. The van der Waals surface area contributed by atoms with Crippen LogP contribution in [0.3, 0.4) is 0 Å². The van der Waals surface area contributed by atoms with Crippen LogP contribution in [-0.2, 0) is 15.1 Å². The molecule has 4 bridgehead atoms. The van der Waals surface area contributed by atoms with Crippen LogP contribution in [0.25, 0.3) is 0 Å². The van der Waals surface area contributed by atoms with Gasteiger partial charge in [-0.05, 0) is 56.3 Å². The van der Waals surface area contributed by atoms with E-state index < -0.39 is 17.4 Å². The zero-order chi connectivity index (χ0) is 19.2. The van der Waals surface area contributed by atoms with Crippen molar-refractivity contribution in [3.05, 3.63) is 21.6 Å². The zero-order valence-corrected chi connectivity index (χ0v) is 16.2. The Labute approximate surface area is 163 Å². The molecule has 0 aromatic carbocycles. The van der Waals surface area contributed by atoms with Crippen LogP contribution in [0.5, 0.6) is 0 Å². The molecule has 1 aromatic rings. The van der Waals surface area contributed by atoms with Gasteiger partial charge in [0.2, 0.25) is 0 Å². The number of rotatable bonds is 7. The molecule has 7 nitrogen and oxygen atoms in total. The number of nitrogens with one attached hydrogen (secondary N) is 1. The molecule has 1 aromatic heterocycles. The Morgan fingerprint density at radius 2 is 2.11 bits per heavy atom. The number of aliphatic carboxylic acids is 1. The number of ether oxygens (including phenoxy) is 1. The number of carbonyl (C=O) groups is 1. The molecular weight excluding hydrogens is 370 g/mol. The smallest absolute Gasteiger partial charge is 0.309 e. The molecule has 0 saturated heterocycles. The molecule has 0 amide bonds. The molecule has 4 aliphatic rings. The summed E-state index contributed by atoms with van der Waals surface area (Å²) in [4.78, 5) is 25.2. The van der Waals surface area contributed by atoms with E-state index in [4.69, 9.17) is 16.3 Å². The van der Waals surface area contributed by atoms with Gasteiger partial charge in [-0.1, -0.05) is 11.6 Å². The van der Waals surface area contributed by atoms with Crippen molar-refractivity contribution in [3.8, 4) is 0 Å². The number of anilines is 1. The Morgan fingerprint density at radius 1 is 1.41 bits per heavy atom. The molecule has 4 fully saturated rings. The molecule has 2 N–H and O–H groups in total. The summed E-state index contributed by atoms with van der Waals surface area (Å²) in [6.45, 7) is 1.23. The van der Waals surface area contributed by atoms with E-state index in [1.54, 1.807) is 13.3 Å². The predicted octanol–water partition coefficient (Wildman–Crippen LogP) is 2.58. The molecule has 3 atom stereocenters. The number of hydrogen-bond donors (Lipinski definition) is 2. The molecule has 8 heteroatoms. The summed E-state index contributed by atoms with van der Waals surface area (Å²) in [6, 6.07) is 0. The van der Waals surface area contributed by atoms with Crippen LogP contribution >= 0.6 is 11.6 Å². The largest absolute Gasteiger partial charge is 0.481 e. The quantitative estimate of drug-likeness (QED) is 0.689. The SMILES string of the molecule is COCCCNc1cnn(C23C[C@@H]4CC(C[C@H](C4)C2)[C@@H]3C(=O)O)c(=O)c1Cl. The van der Waals surface area contributed by atoms with Crippen molar-refractivity contribution >= 4 is 23.3 Å². The van der Waals surface area contributed by atoms with Crippen molar-refractivity contribution in [2.75, 3.05) is 25.6 Å². The maximum atomic E-state index is 13.1. The van der Waals surface area contributed by atoms with Crippen molar-refractivity contribution in [2.45, 2.75) is 44.1 Å². The van der Waals surface area contributed by atoms with Crippen molar-refractivity contribution in [1.29, 1.82) is 0 Å². The van der Waals surface area contributed by atoms with Crippen LogP contribution in [0.1, 0.15) is 38.5 Å². The monoisotopic (exact) mass is 395 g/mol. The average Bonchev–Trinajstić information content (AvgIpc) is 2.60. The van der Waals surface area contributed by atoms with Crippen LogP contribution in [0.4, 0.5) is 5.69 Å². The number of hydrogen-bond acceptors (Lipinski definition) is 5. The lowest BCUT2D eigenvalue weighted by atomic mass is 9.48. The van der Waals surface area contributed by atoms with Gasteiger partial charge < -0.3 is 15.2 Å². The predicted molar refractivity (Wildman–Crippen MR) is 101 cm³/mol. The highest BCUT2D eigenvalue weighted by atomic mass is 35.5. The molecule has 1 heterocycles. The maximum absolute atomic E-state index is 13.1. The van der Waals surface area contributed by atoms with Gasteiger partial charge >= 0.3 is 5.97 Å². The molecule has 4 saturated carbocycles. The number of halogens is 1. The van der Waals surface area contributed by atoms with Gasteiger partial charge in [0, 0.05) is 20.3 Å². The summed E-state index contributed by atoms with van der Waals surface area (Å²) < 4.78 is 6.43. The van der Waals surface area contributed by atoms with Crippen LogP contribution in [0.15, 0.2) is 11.0 Å². The molecular formula is C19H26ClN3O4. The second-order valence-electron chi connectivity index (χ2n) is 8.39. The fraction of sp³-hybridized carbons (Fsp3) is 0.737. The minimum absolute atomic E-state index is 0.0855. The number of nitrogens with zero attached hydrogens (tertiary/aromatic N) is 2. The molecule has 0 unspecified atom stereocenters. The third-order valence-electron chi connectivity index (χ3n) is 6.72. The molecule has 27 heavy (non-hydrogen) atoms. The standard InChI is InChI=1S/C19H26ClN3O4/c1-27-4-2-3-21-14-10-22-23(17(24)16(14)20)19-8-11-5-12(9-19)7-13(6-11)15(19)18(25)26/h10-13,15,21H,2-9H2,1H3,(H,25,26)/t11-,12-,13?,15+,19?/m0/s1. The van der Waals surface area contributed by atoms with Gasteiger partial charge in [0.1, 0.15) is 5.02 Å². The minimum Gasteiger partial charge on any atom is -0.481 e. The van der Waals surface area contributed by atoms with Crippen LogP contribution < -0.4 is 10.9 Å². The van der Waals surface area contributed by atoms with Gasteiger partial charge in [0.25, 0.3) is 5.56 Å². The normalized spacial score (nSPS) is 34.0. The van der Waals surface area contributed by atoms with Gasteiger partial charge in [0.05, 0.1) is 23.3 Å². The maximum Gasteiger partial charge on any atom is 0.309 e. The summed E-state index contributed by atoms with van der Waals surface area (Å²) >= 11 is 6.36. The van der Waals surface area contributed by atoms with E-state index >= 15 is 0 Å². The first-order valence-electron chi connectivity index (χ1n) is 9.70. The summed E-state index contributed by atoms with van der Waals surface area (Å²) in [7, 11) is 1.64. The average molecular weight is 396 g/mol. The van der Waals surface area contributed by atoms with E-state index in [9.17, 15) is 14.7 Å². The first-order valence-corrected chi connectivity index (χ1v) is 10.1. The Bertz CT molecular complexity index is 782. The summed E-state index contributed by atoms with van der Waals surface area (Å²) in [5, 5.41) is 17.6. The third kappa shape index (κ3) is 3.05. The van der Waals surface area contributed by atoms with Crippen LogP contribution in [-0.4, -0.2) is 41.1 Å². The number of methoxy groups -OCH3 is 1.